The van der Waals surface area contributed by atoms with Crippen molar-refractivity contribution in [2.75, 3.05) is 18.0 Å². The number of hydrogen-bond donors (Lipinski definition) is 0. The minimum absolute atomic E-state index is 0.552. The standard InChI is InChI=1S/C13H15ClN2/c1-2-10-5-6-16(9-10)12-4-3-11(8-15)13(14)7-12/h3-4,7,10H,2,5-6,9H2,1H3. The van der Waals surface area contributed by atoms with Crippen LogP contribution in [0.4, 0.5) is 5.69 Å². The number of rotatable bonds is 2. The van der Waals surface area contributed by atoms with Crippen molar-refractivity contribution in [1.82, 2.24) is 0 Å². The van der Waals surface area contributed by atoms with Gasteiger partial charge in [0, 0.05) is 18.8 Å². The quantitative estimate of drug-likeness (QED) is 0.784. The van der Waals surface area contributed by atoms with Crippen molar-refractivity contribution in [2.45, 2.75) is 19.8 Å². The summed E-state index contributed by atoms with van der Waals surface area (Å²) in [6.07, 6.45) is 2.49. The molecule has 84 valence electrons. The summed E-state index contributed by atoms with van der Waals surface area (Å²) in [5.74, 6) is 0.800. The number of nitriles is 1. The van der Waals surface area contributed by atoms with Crippen LogP contribution < -0.4 is 4.90 Å². The lowest BCUT2D eigenvalue weighted by atomic mass is 10.1. The Labute approximate surface area is 101 Å². The van der Waals surface area contributed by atoms with E-state index in [2.05, 4.69) is 17.9 Å². The van der Waals surface area contributed by atoms with Crippen molar-refractivity contribution in [3.63, 3.8) is 0 Å². The van der Waals surface area contributed by atoms with Gasteiger partial charge in [0.1, 0.15) is 6.07 Å². The maximum atomic E-state index is 8.81. The first-order valence-electron chi connectivity index (χ1n) is 5.69. The topological polar surface area (TPSA) is 27.0 Å². The molecule has 2 rings (SSSR count). The lowest BCUT2D eigenvalue weighted by Gasteiger charge is -2.18. The van der Waals surface area contributed by atoms with Crippen molar-refractivity contribution >= 4 is 17.3 Å². The second-order valence-corrected chi connectivity index (χ2v) is 4.69. The smallest absolute Gasteiger partial charge is 0.101 e. The molecule has 16 heavy (non-hydrogen) atoms. The summed E-state index contributed by atoms with van der Waals surface area (Å²) in [5.41, 5.74) is 1.69. The largest absolute Gasteiger partial charge is 0.371 e. The minimum Gasteiger partial charge on any atom is -0.371 e. The predicted octanol–water partition coefficient (Wildman–Crippen LogP) is 3.45. The molecule has 3 heteroatoms. The highest BCUT2D eigenvalue weighted by atomic mass is 35.5. The molecule has 1 aromatic rings. The first-order valence-corrected chi connectivity index (χ1v) is 6.07. The molecule has 0 amide bonds. The summed E-state index contributed by atoms with van der Waals surface area (Å²) in [6, 6.07) is 7.77. The van der Waals surface area contributed by atoms with E-state index in [-0.39, 0.29) is 0 Å². The van der Waals surface area contributed by atoms with Crippen LogP contribution in [0.15, 0.2) is 18.2 Å². The van der Waals surface area contributed by atoms with Gasteiger partial charge < -0.3 is 4.90 Å². The maximum Gasteiger partial charge on any atom is 0.101 e. The number of benzene rings is 1. The van der Waals surface area contributed by atoms with Gasteiger partial charge in [-0.3, -0.25) is 0 Å². The zero-order chi connectivity index (χ0) is 11.5. The molecule has 0 radical (unpaired) electrons. The Morgan fingerprint density at radius 1 is 1.56 bits per heavy atom. The van der Waals surface area contributed by atoms with Crippen LogP contribution in [0.25, 0.3) is 0 Å². The van der Waals surface area contributed by atoms with E-state index in [0.717, 1.165) is 24.7 Å². The summed E-state index contributed by atoms with van der Waals surface area (Å²) < 4.78 is 0. The van der Waals surface area contributed by atoms with Gasteiger partial charge in [-0.2, -0.15) is 5.26 Å². The first kappa shape index (κ1) is 11.3. The van der Waals surface area contributed by atoms with Gasteiger partial charge in [0.25, 0.3) is 0 Å². The molecule has 0 spiro atoms. The third kappa shape index (κ3) is 2.15. The van der Waals surface area contributed by atoms with E-state index in [1.54, 1.807) is 6.07 Å². The SMILES string of the molecule is CCC1CCN(c2ccc(C#N)c(Cl)c2)C1. The van der Waals surface area contributed by atoms with Gasteiger partial charge in [-0.05, 0) is 30.5 Å². The molecule has 0 N–H and O–H groups in total. The van der Waals surface area contributed by atoms with Crippen LogP contribution in [-0.4, -0.2) is 13.1 Å². The van der Waals surface area contributed by atoms with Crippen LogP contribution in [0.5, 0.6) is 0 Å². The van der Waals surface area contributed by atoms with Crippen molar-refractivity contribution < 1.29 is 0 Å². The molecule has 0 aliphatic carbocycles. The fourth-order valence-corrected chi connectivity index (χ4v) is 2.41. The summed E-state index contributed by atoms with van der Waals surface area (Å²) in [6.45, 7) is 4.44. The predicted molar refractivity (Wildman–Crippen MR) is 66.8 cm³/mol. The van der Waals surface area contributed by atoms with E-state index in [4.69, 9.17) is 16.9 Å². The minimum atomic E-state index is 0.552. The highest BCUT2D eigenvalue weighted by Crippen LogP contribution is 2.28. The van der Waals surface area contributed by atoms with Gasteiger partial charge in [0.2, 0.25) is 0 Å². The lowest BCUT2D eigenvalue weighted by Crippen LogP contribution is -2.19. The highest BCUT2D eigenvalue weighted by molar-refractivity contribution is 6.32. The molecule has 2 nitrogen and oxygen atoms in total. The fraction of sp³-hybridized carbons (Fsp3) is 0.462. The zero-order valence-corrected chi connectivity index (χ0v) is 10.2. The Morgan fingerprint density at radius 3 is 2.94 bits per heavy atom. The molecule has 1 heterocycles. The number of nitrogens with zero attached hydrogens (tertiary/aromatic N) is 2. The van der Waals surface area contributed by atoms with Gasteiger partial charge in [-0.15, -0.1) is 0 Å². The molecule has 1 aliphatic heterocycles. The average Bonchev–Trinajstić information content (AvgIpc) is 2.77. The number of hydrogen-bond acceptors (Lipinski definition) is 2. The van der Waals surface area contributed by atoms with E-state index in [1.165, 1.54) is 12.8 Å². The van der Waals surface area contributed by atoms with Crippen LogP contribution in [-0.2, 0) is 0 Å². The highest BCUT2D eigenvalue weighted by Gasteiger charge is 2.21. The van der Waals surface area contributed by atoms with E-state index in [0.29, 0.717) is 10.6 Å². The molecular weight excluding hydrogens is 220 g/mol. The summed E-state index contributed by atoms with van der Waals surface area (Å²) in [7, 11) is 0. The van der Waals surface area contributed by atoms with Gasteiger partial charge in [0.15, 0.2) is 0 Å². The Hall–Kier alpha value is -1.20. The van der Waals surface area contributed by atoms with Gasteiger partial charge in [0.05, 0.1) is 10.6 Å². The van der Waals surface area contributed by atoms with Gasteiger partial charge in [-0.1, -0.05) is 24.9 Å². The van der Waals surface area contributed by atoms with Crippen molar-refractivity contribution in [3.05, 3.63) is 28.8 Å². The third-order valence-corrected chi connectivity index (χ3v) is 3.61. The summed E-state index contributed by atoms with van der Waals surface area (Å²) >= 11 is 6.03. The monoisotopic (exact) mass is 234 g/mol. The van der Waals surface area contributed by atoms with Crippen LogP contribution in [0.1, 0.15) is 25.3 Å². The molecular formula is C13H15ClN2. The zero-order valence-electron chi connectivity index (χ0n) is 9.41. The van der Waals surface area contributed by atoms with Gasteiger partial charge >= 0.3 is 0 Å². The lowest BCUT2D eigenvalue weighted by molar-refractivity contribution is 0.569. The Bertz CT molecular complexity index is 422. The molecule has 1 atom stereocenters. The normalized spacial score (nSPS) is 19.8. The molecule has 1 saturated heterocycles. The van der Waals surface area contributed by atoms with E-state index in [1.807, 2.05) is 12.1 Å². The first-order chi connectivity index (χ1) is 7.74. The molecule has 1 unspecified atom stereocenters. The second-order valence-electron chi connectivity index (χ2n) is 4.28. The number of halogens is 1. The molecule has 0 saturated carbocycles. The van der Waals surface area contributed by atoms with E-state index in [9.17, 15) is 0 Å². The summed E-state index contributed by atoms with van der Waals surface area (Å²) in [5, 5.41) is 9.36. The third-order valence-electron chi connectivity index (χ3n) is 3.30. The van der Waals surface area contributed by atoms with Crippen molar-refractivity contribution in [1.29, 1.82) is 5.26 Å². The van der Waals surface area contributed by atoms with Crippen LogP contribution in [0.2, 0.25) is 5.02 Å². The van der Waals surface area contributed by atoms with Crippen LogP contribution in [0, 0.1) is 17.2 Å². The molecule has 0 aromatic heterocycles. The van der Waals surface area contributed by atoms with E-state index < -0.39 is 0 Å². The van der Waals surface area contributed by atoms with Crippen molar-refractivity contribution in [3.8, 4) is 6.07 Å². The summed E-state index contributed by atoms with van der Waals surface area (Å²) in [4.78, 5) is 2.35. The molecule has 1 aromatic carbocycles. The Kier molecular flexibility index (Phi) is 3.36. The Morgan fingerprint density at radius 2 is 2.38 bits per heavy atom. The fourth-order valence-electron chi connectivity index (χ4n) is 2.19. The number of anilines is 1. The van der Waals surface area contributed by atoms with E-state index >= 15 is 0 Å². The average molecular weight is 235 g/mol. The molecule has 0 bridgehead atoms. The second kappa shape index (κ2) is 4.76. The molecule has 1 fully saturated rings. The van der Waals surface area contributed by atoms with Crippen LogP contribution in [0.3, 0.4) is 0 Å². The van der Waals surface area contributed by atoms with Crippen LogP contribution >= 0.6 is 11.6 Å². The molecule has 1 aliphatic rings. The van der Waals surface area contributed by atoms with Gasteiger partial charge in [-0.25, -0.2) is 0 Å². The van der Waals surface area contributed by atoms with Crippen molar-refractivity contribution in [2.24, 2.45) is 5.92 Å². The Balaban J connectivity index is 2.17. The maximum absolute atomic E-state index is 8.81.